The zero-order chi connectivity index (χ0) is 12.4. The Bertz CT molecular complexity index is 246. The van der Waals surface area contributed by atoms with E-state index in [9.17, 15) is 0 Å². The zero-order valence-corrected chi connectivity index (χ0v) is 12.0. The van der Waals surface area contributed by atoms with Gasteiger partial charge in [0.05, 0.1) is 0 Å². The Labute approximate surface area is 113 Å². The van der Waals surface area contributed by atoms with Crippen LogP contribution in [0.5, 0.6) is 0 Å². The maximum absolute atomic E-state index is 3.88. The fourth-order valence-corrected chi connectivity index (χ4v) is 3.71. The molecule has 0 aromatic rings. The summed E-state index contributed by atoms with van der Waals surface area (Å²) in [5.41, 5.74) is 0. The van der Waals surface area contributed by atoms with Crippen molar-refractivity contribution in [2.45, 2.75) is 57.9 Å². The number of piperidine rings is 1. The number of hydrogen-bond donors (Lipinski definition) is 1. The standard InChI is InChI=1S/C16H30N2/c1-2-13-4-3-10-18(12-13)11-9-17-16(14-5-6-14)15-7-8-15/h13-17H,2-12H2,1H3. The average molecular weight is 250 g/mol. The topological polar surface area (TPSA) is 15.3 Å². The molecule has 0 amide bonds. The quantitative estimate of drug-likeness (QED) is 0.747. The molecule has 18 heavy (non-hydrogen) atoms. The van der Waals surface area contributed by atoms with Gasteiger partial charge in [-0.2, -0.15) is 0 Å². The highest BCUT2D eigenvalue weighted by molar-refractivity contribution is 4.96. The second-order valence-electron chi connectivity index (χ2n) is 6.87. The molecule has 0 radical (unpaired) electrons. The first kappa shape index (κ1) is 12.9. The summed E-state index contributed by atoms with van der Waals surface area (Å²) >= 11 is 0. The van der Waals surface area contributed by atoms with Crippen molar-refractivity contribution in [1.29, 1.82) is 0 Å². The van der Waals surface area contributed by atoms with E-state index >= 15 is 0 Å². The van der Waals surface area contributed by atoms with Crippen LogP contribution >= 0.6 is 0 Å². The highest BCUT2D eigenvalue weighted by Gasteiger charge is 2.40. The van der Waals surface area contributed by atoms with Gasteiger partial charge in [0.2, 0.25) is 0 Å². The minimum absolute atomic E-state index is 0.886. The van der Waals surface area contributed by atoms with Crippen LogP contribution in [0.4, 0.5) is 0 Å². The Hall–Kier alpha value is -0.0800. The molecular weight excluding hydrogens is 220 g/mol. The minimum Gasteiger partial charge on any atom is -0.312 e. The first-order chi connectivity index (χ1) is 8.86. The van der Waals surface area contributed by atoms with E-state index in [0.717, 1.165) is 23.8 Å². The van der Waals surface area contributed by atoms with Crippen LogP contribution in [0.15, 0.2) is 0 Å². The molecule has 0 aromatic heterocycles. The molecule has 2 heteroatoms. The van der Waals surface area contributed by atoms with Crippen LogP contribution in [0.2, 0.25) is 0 Å². The van der Waals surface area contributed by atoms with Crippen molar-refractivity contribution in [3.63, 3.8) is 0 Å². The summed E-state index contributed by atoms with van der Waals surface area (Å²) in [6.45, 7) is 7.56. The molecule has 3 rings (SSSR count). The van der Waals surface area contributed by atoms with E-state index < -0.39 is 0 Å². The molecule has 1 heterocycles. The highest BCUT2D eigenvalue weighted by Crippen LogP contribution is 2.44. The Balaban J connectivity index is 1.35. The van der Waals surface area contributed by atoms with Gasteiger partial charge in [0.15, 0.2) is 0 Å². The second kappa shape index (κ2) is 5.92. The number of rotatable bonds is 7. The largest absolute Gasteiger partial charge is 0.312 e. The lowest BCUT2D eigenvalue weighted by molar-refractivity contribution is 0.169. The molecule has 2 nitrogen and oxygen atoms in total. The van der Waals surface area contributed by atoms with Crippen LogP contribution in [-0.4, -0.2) is 37.1 Å². The lowest BCUT2D eigenvalue weighted by atomic mass is 9.96. The fraction of sp³-hybridized carbons (Fsp3) is 1.00. The van der Waals surface area contributed by atoms with Gasteiger partial charge in [-0.15, -0.1) is 0 Å². The van der Waals surface area contributed by atoms with Gasteiger partial charge in [-0.1, -0.05) is 13.3 Å². The predicted octanol–water partition coefficient (Wildman–Crippen LogP) is 2.89. The Morgan fingerprint density at radius 3 is 2.44 bits per heavy atom. The Morgan fingerprint density at radius 1 is 1.11 bits per heavy atom. The summed E-state index contributed by atoms with van der Waals surface area (Å²) in [6.07, 6.45) is 10.2. The molecule has 104 valence electrons. The molecule has 3 aliphatic rings. The van der Waals surface area contributed by atoms with Gasteiger partial charge in [0.25, 0.3) is 0 Å². The summed E-state index contributed by atoms with van der Waals surface area (Å²) in [7, 11) is 0. The van der Waals surface area contributed by atoms with Crippen LogP contribution in [0.25, 0.3) is 0 Å². The molecule has 0 aromatic carbocycles. The summed E-state index contributed by atoms with van der Waals surface area (Å²) in [5, 5.41) is 3.88. The average Bonchev–Trinajstić information content (AvgIpc) is 3.28. The Kier molecular flexibility index (Phi) is 4.25. The van der Waals surface area contributed by atoms with Gasteiger partial charge in [-0.3, -0.25) is 0 Å². The van der Waals surface area contributed by atoms with E-state index in [1.807, 2.05) is 0 Å². The van der Waals surface area contributed by atoms with Crippen LogP contribution in [-0.2, 0) is 0 Å². The van der Waals surface area contributed by atoms with Crippen molar-refractivity contribution in [3.05, 3.63) is 0 Å². The lowest BCUT2D eigenvalue weighted by Gasteiger charge is -2.32. The summed E-state index contributed by atoms with van der Waals surface area (Å²) < 4.78 is 0. The van der Waals surface area contributed by atoms with Gasteiger partial charge in [-0.25, -0.2) is 0 Å². The van der Waals surface area contributed by atoms with Crippen LogP contribution in [0.3, 0.4) is 0 Å². The first-order valence-electron chi connectivity index (χ1n) is 8.32. The number of nitrogens with zero attached hydrogens (tertiary/aromatic N) is 1. The third kappa shape index (κ3) is 3.48. The van der Waals surface area contributed by atoms with Crippen LogP contribution in [0, 0.1) is 17.8 Å². The maximum atomic E-state index is 3.88. The van der Waals surface area contributed by atoms with Crippen LogP contribution in [0.1, 0.15) is 51.9 Å². The van der Waals surface area contributed by atoms with Crippen molar-refractivity contribution >= 4 is 0 Å². The van der Waals surface area contributed by atoms with Crippen molar-refractivity contribution in [2.24, 2.45) is 17.8 Å². The smallest absolute Gasteiger partial charge is 0.0124 e. The molecule has 1 unspecified atom stereocenters. The summed E-state index contributed by atoms with van der Waals surface area (Å²) in [4.78, 5) is 2.70. The van der Waals surface area contributed by atoms with E-state index in [-0.39, 0.29) is 0 Å². The fourth-order valence-electron chi connectivity index (χ4n) is 3.71. The van der Waals surface area contributed by atoms with Gasteiger partial charge in [0, 0.05) is 25.7 Å². The number of nitrogens with one attached hydrogen (secondary N) is 1. The molecule has 1 atom stereocenters. The molecule has 1 N–H and O–H groups in total. The molecule has 0 bridgehead atoms. The summed E-state index contributed by atoms with van der Waals surface area (Å²) in [6, 6.07) is 0.886. The monoisotopic (exact) mass is 250 g/mol. The lowest BCUT2D eigenvalue weighted by Crippen LogP contribution is -2.42. The van der Waals surface area contributed by atoms with Gasteiger partial charge < -0.3 is 10.2 Å². The zero-order valence-electron chi connectivity index (χ0n) is 12.0. The van der Waals surface area contributed by atoms with Gasteiger partial charge in [-0.05, 0) is 62.8 Å². The second-order valence-corrected chi connectivity index (χ2v) is 6.87. The van der Waals surface area contributed by atoms with E-state index in [0.29, 0.717) is 0 Å². The molecule has 1 aliphatic heterocycles. The third-order valence-electron chi connectivity index (χ3n) is 5.25. The molecule has 3 fully saturated rings. The van der Waals surface area contributed by atoms with Crippen molar-refractivity contribution in [2.75, 3.05) is 26.2 Å². The van der Waals surface area contributed by atoms with Gasteiger partial charge in [0.1, 0.15) is 0 Å². The Morgan fingerprint density at radius 2 is 1.83 bits per heavy atom. The van der Waals surface area contributed by atoms with E-state index in [1.165, 1.54) is 71.1 Å². The van der Waals surface area contributed by atoms with Crippen LogP contribution < -0.4 is 5.32 Å². The number of likely N-dealkylation sites (tertiary alicyclic amines) is 1. The number of hydrogen-bond acceptors (Lipinski definition) is 2. The summed E-state index contributed by atoms with van der Waals surface area (Å²) in [5.74, 6) is 3.06. The van der Waals surface area contributed by atoms with Crippen molar-refractivity contribution < 1.29 is 0 Å². The molecule has 2 saturated carbocycles. The molecular formula is C16H30N2. The molecule has 0 spiro atoms. The maximum Gasteiger partial charge on any atom is 0.0124 e. The van der Waals surface area contributed by atoms with Gasteiger partial charge >= 0.3 is 0 Å². The van der Waals surface area contributed by atoms with E-state index in [2.05, 4.69) is 17.1 Å². The van der Waals surface area contributed by atoms with E-state index in [4.69, 9.17) is 0 Å². The third-order valence-corrected chi connectivity index (χ3v) is 5.25. The minimum atomic E-state index is 0.886. The highest BCUT2D eigenvalue weighted by atomic mass is 15.1. The normalized spacial score (nSPS) is 30.0. The van der Waals surface area contributed by atoms with Crippen molar-refractivity contribution in [3.8, 4) is 0 Å². The predicted molar refractivity (Wildman–Crippen MR) is 76.7 cm³/mol. The SMILES string of the molecule is CCC1CCCN(CCNC(C2CC2)C2CC2)C1. The van der Waals surface area contributed by atoms with E-state index in [1.54, 1.807) is 0 Å². The van der Waals surface area contributed by atoms with Crippen molar-refractivity contribution in [1.82, 2.24) is 10.2 Å². The molecule has 1 saturated heterocycles. The first-order valence-corrected chi connectivity index (χ1v) is 8.32. The molecule has 2 aliphatic carbocycles.